The zero-order valence-electron chi connectivity index (χ0n) is 11.7. The summed E-state index contributed by atoms with van der Waals surface area (Å²) in [5.41, 5.74) is 2.41. The van der Waals surface area contributed by atoms with Crippen LogP contribution in [0.4, 0.5) is 0 Å². The zero-order valence-corrected chi connectivity index (χ0v) is 12.5. The summed E-state index contributed by atoms with van der Waals surface area (Å²) in [5.74, 6) is 1.67. The summed E-state index contributed by atoms with van der Waals surface area (Å²) >= 11 is 0. The van der Waals surface area contributed by atoms with E-state index in [1.165, 1.54) is 11.1 Å². The molecule has 0 bridgehead atoms. The molecule has 1 N–H and O–H groups in total. The van der Waals surface area contributed by atoms with E-state index in [1.807, 2.05) is 6.07 Å². The van der Waals surface area contributed by atoms with Crippen LogP contribution in [-0.4, -0.2) is 29.9 Å². The van der Waals surface area contributed by atoms with E-state index < -0.39 is 10.8 Å². The van der Waals surface area contributed by atoms with Gasteiger partial charge in [0.2, 0.25) is 0 Å². The molecule has 0 aliphatic heterocycles. The van der Waals surface area contributed by atoms with Gasteiger partial charge in [0.05, 0.1) is 7.11 Å². The summed E-state index contributed by atoms with van der Waals surface area (Å²) in [6.07, 6.45) is 2.68. The normalized spacial score (nSPS) is 14.2. The number of aryl methyl sites for hydroxylation is 1. The van der Waals surface area contributed by atoms with Gasteiger partial charge in [-0.3, -0.25) is 4.21 Å². The van der Waals surface area contributed by atoms with E-state index in [0.717, 1.165) is 24.5 Å². The molecule has 1 aromatic carbocycles. The molecule has 18 heavy (non-hydrogen) atoms. The highest BCUT2D eigenvalue weighted by molar-refractivity contribution is 7.84. The van der Waals surface area contributed by atoms with Crippen molar-refractivity contribution < 1.29 is 8.95 Å². The molecule has 0 spiro atoms. The van der Waals surface area contributed by atoms with Crippen LogP contribution in [0.25, 0.3) is 0 Å². The molecule has 0 radical (unpaired) electrons. The molecule has 1 rings (SSSR count). The van der Waals surface area contributed by atoms with Crippen molar-refractivity contribution in [2.75, 3.05) is 25.7 Å². The lowest BCUT2D eigenvalue weighted by Gasteiger charge is -2.17. The molecule has 0 aromatic heterocycles. The maximum Gasteiger partial charge on any atom is 0.123 e. The van der Waals surface area contributed by atoms with Crippen LogP contribution >= 0.6 is 0 Å². The highest BCUT2D eigenvalue weighted by Gasteiger charge is 2.10. The Morgan fingerprint density at radius 3 is 2.78 bits per heavy atom. The first-order valence-corrected chi connectivity index (χ1v) is 7.95. The van der Waals surface area contributed by atoms with Crippen LogP contribution < -0.4 is 10.1 Å². The Labute approximate surface area is 112 Å². The Morgan fingerprint density at radius 2 is 2.17 bits per heavy atom. The van der Waals surface area contributed by atoms with Crippen molar-refractivity contribution in [3.05, 3.63) is 29.3 Å². The lowest BCUT2D eigenvalue weighted by Crippen LogP contribution is -2.21. The molecule has 3 nitrogen and oxygen atoms in total. The Bertz CT molecular complexity index is 407. The van der Waals surface area contributed by atoms with Crippen LogP contribution in [0.15, 0.2) is 18.2 Å². The smallest absolute Gasteiger partial charge is 0.123 e. The lowest BCUT2D eigenvalue weighted by molar-refractivity contribution is 0.401. The van der Waals surface area contributed by atoms with E-state index in [9.17, 15) is 4.21 Å². The van der Waals surface area contributed by atoms with Crippen molar-refractivity contribution in [1.82, 2.24) is 5.32 Å². The van der Waals surface area contributed by atoms with Gasteiger partial charge in [-0.1, -0.05) is 17.7 Å². The third-order valence-corrected chi connectivity index (χ3v) is 3.77. The summed E-state index contributed by atoms with van der Waals surface area (Å²) in [7, 11) is 0.996. The second-order valence-corrected chi connectivity index (χ2v) is 6.11. The first-order chi connectivity index (χ1) is 8.54. The van der Waals surface area contributed by atoms with Gasteiger partial charge in [-0.15, -0.1) is 0 Å². The zero-order chi connectivity index (χ0) is 13.5. The predicted molar refractivity (Wildman–Crippen MR) is 77.7 cm³/mol. The third kappa shape index (κ3) is 4.78. The van der Waals surface area contributed by atoms with Crippen LogP contribution in [0.1, 0.15) is 30.5 Å². The highest BCUT2D eigenvalue weighted by Crippen LogP contribution is 2.25. The van der Waals surface area contributed by atoms with Gasteiger partial charge in [0.1, 0.15) is 5.75 Å². The Hall–Kier alpha value is -0.870. The Kier molecular flexibility index (Phi) is 6.36. The van der Waals surface area contributed by atoms with E-state index in [2.05, 4.69) is 31.3 Å². The molecule has 102 valence electrons. The average Bonchev–Trinajstić information content (AvgIpc) is 2.34. The molecule has 4 heteroatoms. The molecule has 0 fully saturated rings. The van der Waals surface area contributed by atoms with E-state index >= 15 is 0 Å². The van der Waals surface area contributed by atoms with Crippen molar-refractivity contribution in [3.8, 4) is 5.75 Å². The fourth-order valence-electron chi connectivity index (χ4n) is 1.90. The van der Waals surface area contributed by atoms with Gasteiger partial charge in [-0.05, 0) is 32.9 Å². The van der Waals surface area contributed by atoms with Gasteiger partial charge in [0, 0.05) is 34.4 Å². The maximum absolute atomic E-state index is 11.0. The Balaban J connectivity index is 2.57. The quantitative estimate of drug-likeness (QED) is 0.773. The van der Waals surface area contributed by atoms with E-state index in [1.54, 1.807) is 13.4 Å². The summed E-state index contributed by atoms with van der Waals surface area (Å²) in [6.45, 7) is 5.08. The minimum Gasteiger partial charge on any atom is -0.496 e. The second kappa shape index (κ2) is 7.54. The summed E-state index contributed by atoms with van der Waals surface area (Å²) in [6, 6.07) is 6.44. The minimum absolute atomic E-state index is 0.241. The van der Waals surface area contributed by atoms with Crippen LogP contribution in [-0.2, 0) is 10.8 Å². The van der Waals surface area contributed by atoms with Crippen LogP contribution in [0.5, 0.6) is 5.75 Å². The first-order valence-electron chi connectivity index (χ1n) is 6.22. The number of benzene rings is 1. The van der Waals surface area contributed by atoms with Gasteiger partial charge in [0.25, 0.3) is 0 Å². The average molecular weight is 269 g/mol. The fourth-order valence-corrected chi connectivity index (χ4v) is 2.45. The highest BCUT2D eigenvalue weighted by atomic mass is 32.2. The fraction of sp³-hybridized carbons (Fsp3) is 0.571. The first kappa shape index (κ1) is 15.2. The molecule has 0 heterocycles. The summed E-state index contributed by atoms with van der Waals surface area (Å²) < 4.78 is 16.3. The van der Waals surface area contributed by atoms with Crippen LogP contribution in [0.3, 0.4) is 0 Å². The van der Waals surface area contributed by atoms with Gasteiger partial charge in [0.15, 0.2) is 0 Å². The van der Waals surface area contributed by atoms with Gasteiger partial charge in [-0.2, -0.15) is 0 Å². The third-order valence-electron chi connectivity index (χ3n) is 2.91. The van der Waals surface area contributed by atoms with E-state index in [4.69, 9.17) is 4.74 Å². The number of nitrogens with one attached hydrogen (secondary N) is 1. The monoisotopic (exact) mass is 269 g/mol. The number of rotatable bonds is 7. The number of hydrogen-bond acceptors (Lipinski definition) is 3. The van der Waals surface area contributed by atoms with E-state index in [0.29, 0.717) is 0 Å². The molecule has 1 aromatic rings. The topological polar surface area (TPSA) is 38.3 Å². The molecule has 2 unspecified atom stereocenters. The lowest BCUT2D eigenvalue weighted by atomic mass is 10.0. The van der Waals surface area contributed by atoms with Gasteiger partial charge >= 0.3 is 0 Å². The molecular formula is C14H23NO2S. The molecule has 0 saturated heterocycles. The van der Waals surface area contributed by atoms with Crippen molar-refractivity contribution in [2.24, 2.45) is 0 Å². The molecule has 0 amide bonds. The molecule has 0 aliphatic carbocycles. The summed E-state index contributed by atoms with van der Waals surface area (Å²) in [5, 5.41) is 3.44. The maximum atomic E-state index is 11.0. The van der Waals surface area contributed by atoms with Crippen molar-refractivity contribution in [1.29, 1.82) is 0 Å². The molecular weight excluding hydrogens is 246 g/mol. The van der Waals surface area contributed by atoms with Crippen molar-refractivity contribution in [2.45, 2.75) is 26.3 Å². The Morgan fingerprint density at radius 1 is 1.44 bits per heavy atom. The number of methoxy groups -OCH3 is 1. The predicted octanol–water partition coefficient (Wildman–Crippen LogP) is 2.42. The van der Waals surface area contributed by atoms with Gasteiger partial charge < -0.3 is 10.1 Å². The summed E-state index contributed by atoms with van der Waals surface area (Å²) in [4.78, 5) is 0. The molecule has 2 atom stereocenters. The SMILES string of the molecule is COc1ccc(C)cc1C(C)NCCCS(C)=O. The molecule has 0 aliphatic rings. The van der Waals surface area contributed by atoms with Gasteiger partial charge in [-0.25, -0.2) is 0 Å². The van der Waals surface area contributed by atoms with Crippen molar-refractivity contribution >= 4 is 10.8 Å². The number of hydrogen-bond donors (Lipinski definition) is 1. The minimum atomic E-state index is -0.699. The van der Waals surface area contributed by atoms with Crippen molar-refractivity contribution in [3.63, 3.8) is 0 Å². The molecule has 0 saturated carbocycles. The second-order valence-electron chi connectivity index (χ2n) is 4.55. The van der Waals surface area contributed by atoms with E-state index in [-0.39, 0.29) is 6.04 Å². The van der Waals surface area contributed by atoms with Crippen LogP contribution in [0, 0.1) is 6.92 Å². The largest absolute Gasteiger partial charge is 0.496 e. The number of ether oxygens (including phenoxy) is 1. The standard InChI is InChI=1S/C14H23NO2S/c1-11-6-7-14(17-3)13(10-11)12(2)15-8-5-9-18(4)16/h6-7,10,12,15H,5,8-9H2,1-4H3. The van der Waals surface area contributed by atoms with Crippen LogP contribution in [0.2, 0.25) is 0 Å².